The van der Waals surface area contributed by atoms with E-state index in [1.54, 1.807) is 19.2 Å². The van der Waals surface area contributed by atoms with Crippen LogP contribution >= 0.6 is 11.6 Å². The van der Waals surface area contributed by atoms with Crippen molar-refractivity contribution in [2.75, 3.05) is 12.4 Å². The van der Waals surface area contributed by atoms with Crippen LogP contribution in [0.4, 0.5) is 5.69 Å². The molecule has 134 valence electrons. The lowest BCUT2D eigenvalue weighted by molar-refractivity contribution is -0.130. The predicted molar refractivity (Wildman–Crippen MR) is 100 cm³/mol. The molecule has 5 nitrogen and oxygen atoms in total. The summed E-state index contributed by atoms with van der Waals surface area (Å²) in [5, 5.41) is 16.9. The average molecular weight is 363 g/mol. The molecule has 0 aliphatic rings. The fourth-order valence-corrected chi connectivity index (χ4v) is 2.70. The Bertz CT molecular complexity index is 709. The SMILES string of the molecule is CCC(Nc1ccccc1OC)C(O)C(=O)NCc1cccc(Cl)c1. The zero-order valence-electron chi connectivity index (χ0n) is 14.3. The van der Waals surface area contributed by atoms with E-state index in [1.807, 2.05) is 43.3 Å². The van der Waals surface area contributed by atoms with Gasteiger partial charge < -0.3 is 20.5 Å². The van der Waals surface area contributed by atoms with Crippen LogP contribution in [0.3, 0.4) is 0 Å². The summed E-state index contributed by atoms with van der Waals surface area (Å²) in [7, 11) is 1.58. The molecule has 0 spiro atoms. The van der Waals surface area contributed by atoms with Crippen LogP contribution in [-0.2, 0) is 11.3 Å². The van der Waals surface area contributed by atoms with E-state index < -0.39 is 18.1 Å². The molecule has 0 aliphatic carbocycles. The Morgan fingerprint density at radius 3 is 2.68 bits per heavy atom. The van der Waals surface area contributed by atoms with Gasteiger partial charge in [-0.25, -0.2) is 0 Å². The van der Waals surface area contributed by atoms with Gasteiger partial charge in [0, 0.05) is 11.6 Å². The van der Waals surface area contributed by atoms with Gasteiger partial charge in [0.2, 0.25) is 0 Å². The number of anilines is 1. The number of nitrogens with one attached hydrogen (secondary N) is 2. The number of ether oxygens (including phenoxy) is 1. The number of carbonyl (C=O) groups is 1. The highest BCUT2D eigenvalue weighted by Crippen LogP contribution is 2.25. The molecule has 2 atom stereocenters. The van der Waals surface area contributed by atoms with E-state index in [0.29, 0.717) is 23.7 Å². The summed E-state index contributed by atoms with van der Waals surface area (Å²) in [6.07, 6.45) is -0.613. The minimum atomic E-state index is -1.19. The molecule has 0 bridgehead atoms. The van der Waals surface area contributed by atoms with Crippen molar-refractivity contribution in [1.29, 1.82) is 0 Å². The number of para-hydroxylation sites is 2. The lowest BCUT2D eigenvalue weighted by Gasteiger charge is -2.24. The van der Waals surface area contributed by atoms with Gasteiger partial charge in [-0.2, -0.15) is 0 Å². The highest BCUT2D eigenvalue weighted by atomic mass is 35.5. The van der Waals surface area contributed by atoms with E-state index in [4.69, 9.17) is 16.3 Å². The Hall–Kier alpha value is -2.24. The van der Waals surface area contributed by atoms with Crippen molar-refractivity contribution in [3.63, 3.8) is 0 Å². The van der Waals surface area contributed by atoms with Gasteiger partial charge in [-0.05, 0) is 36.2 Å². The summed E-state index contributed by atoms with van der Waals surface area (Å²) in [5.74, 6) is 0.224. The third kappa shape index (κ3) is 5.37. The molecular formula is C19H23ClN2O3. The normalized spacial score (nSPS) is 13.0. The molecule has 25 heavy (non-hydrogen) atoms. The largest absolute Gasteiger partial charge is 0.495 e. The molecule has 1 amide bonds. The summed E-state index contributed by atoms with van der Waals surface area (Å²) in [4.78, 5) is 12.3. The molecule has 0 radical (unpaired) electrons. The van der Waals surface area contributed by atoms with Crippen LogP contribution in [-0.4, -0.2) is 30.3 Å². The molecule has 2 unspecified atom stereocenters. The predicted octanol–water partition coefficient (Wildman–Crippen LogP) is 3.22. The Labute approximate surface area is 153 Å². The number of rotatable bonds is 8. The summed E-state index contributed by atoms with van der Waals surface area (Å²) in [6.45, 7) is 2.21. The molecule has 0 fully saturated rings. The molecule has 0 heterocycles. The summed E-state index contributed by atoms with van der Waals surface area (Å²) < 4.78 is 5.29. The lowest BCUT2D eigenvalue weighted by Crippen LogP contribution is -2.45. The Balaban J connectivity index is 1.98. The maximum atomic E-state index is 12.3. The fourth-order valence-electron chi connectivity index (χ4n) is 2.49. The first-order valence-corrected chi connectivity index (χ1v) is 8.52. The first kappa shape index (κ1) is 19.1. The van der Waals surface area contributed by atoms with E-state index in [0.717, 1.165) is 11.3 Å². The third-order valence-corrected chi connectivity index (χ3v) is 4.13. The fraction of sp³-hybridized carbons (Fsp3) is 0.316. The molecule has 6 heteroatoms. The Morgan fingerprint density at radius 1 is 1.24 bits per heavy atom. The van der Waals surface area contributed by atoms with E-state index in [1.165, 1.54) is 0 Å². The molecule has 0 aliphatic heterocycles. The van der Waals surface area contributed by atoms with Crippen LogP contribution in [0.15, 0.2) is 48.5 Å². The molecule has 2 aromatic rings. The minimum Gasteiger partial charge on any atom is -0.495 e. The van der Waals surface area contributed by atoms with Crippen LogP contribution in [0.2, 0.25) is 5.02 Å². The highest BCUT2D eigenvalue weighted by molar-refractivity contribution is 6.30. The van der Waals surface area contributed by atoms with Gasteiger partial charge in [0.05, 0.1) is 18.8 Å². The van der Waals surface area contributed by atoms with E-state index in [2.05, 4.69) is 10.6 Å². The maximum Gasteiger partial charge on any atom is 0.251 e. The van der Waals surface area contributed by atoms with Gasteiger partial charge in [-0.15, -0.1) is 0 Å². The van der Waals surface area contributed by atoms with Crippen molar-refractivity contribution in [3.05, 3.63) is 59.1 Å². The number of aliphatic hydroxyl groups is 1. The standard InChI is InChI=1S/C19H23ClN2O3/c1-3-15(22-16-9-4-5-10-17(16)25-2)18(23)19(24)21-12-13-7-6-8-14(20)11-13/h4-11,15,18,22-23H,3,12H2,1-2H3,(H,21,24). The van der Waals surface area contributed by atoms with Crippen molar-refractivity contribution in [1.82, 2.24) is 5.32 Å². The van der Waals surface area contributed by atoms with Gasteiger partial charge in [-0.1, -0.05) is 42.8 Å². The number of carbonyl (C=O) groups excluding carboxylic acids is 1. The lowest BCUT2D eigenvalue weighted by atomic mass is 10.1. The van der Waals surface area contributed by atoms with Crippen molar-refractivity contribution in [2.24, 2.45) is 0 Å². The average Bonchev–Trinajstić information content (AvgIpc) is 2.64. The second kappa shape index (κ2) is 9.30. The molecule has 0 saturated carbocycles. The second-order valence-corrected chi connectivity index (χ2v) is 6.09. The Morgan fingerprint density at radius 2 is 2.00 bits per heavy atom. The number of aliphatic hydroxyl groups excluding tert-OH is 1. The summed E-state index contributed by atoms with van der Waals surface area (Å²) in [5.41, 5.74) is 1.61. The highest BCUT2D eigenvalue weighted by Gasteiger charge is 2.25. The summed E-state index contributed by atoms with van der Waals surface area (Å²) >= 11 is 5.93. The zero-order chi connectivity index (χ0) is 18.2. The smallest absolute Gasteiger partial charge is 0.251 e. The van der Waals surface area contributed by atoms with Crippen LogP contribution < -0.4 is 15.4 Å². The van der Waals surface area contributed by atoms with E-state index in [-0.39, 0.29) is 0 Å². The minimum absolute atomic E-state index is 0.307. The third-order valence-electron chi connectivity index (χ3n) is 3.89. The number of methoxy groups -OCH3 is 1. The van der Waals surface area contributed by atoms with Crippen LogP contribution in [0.25, 0.3) is 0 Å². The van der Waals surface area contributed by atoms with Crippen molar-refractivity contribution in [3.8, 4) is 5.75 Å². The number of amides is 1. The van der Waals surface area contributed by atoms with Gasteiger partial charge >= 0.3 is 0 Å². The zero-order valence-corrected chi connectivity index (χ0v) is 15.1. The second-order valence-electron chi connectivity index (χ2n) is 5.65. The number of benzene rings is 2. The van der Waals surface area contributed by atoms with Gasteiger partial charge in [0.1, 0.15) is 5.75 Å². The number of hydrogen-bond acceptors (Lipinski definition) is 4. The van der Waals surface area contributed by atoms with E-state index >= 15 is 0 Å². The first-order valence-electron chi connectivity index (χ1n) is 8.15. The van der Waals surface area contributed by atoms with Crippen LogP contribution in [0.1, 0.15) is 18.9 Å². The first-order chi connectivity index (χ1) is 12.0. The number of halogens is 1. The molecule has 0 aromatic heterocycles. The van der Waals surface area contributed by atoms with Crippen molar-refractivity contribution >= 4 is 23.2 Å². The van der Waals surface area contributed by atoms with Gasteiger partial charge in [0.25, 0.3) is 5.91 Å². The van der Waals surface area contributed by atoms with E-state index in [9.17, 15) is 9.90 Å². The van der Waals surface area contributed by atoms with Crippen molar-refractivity contribution in [2.45, 2.75) is 32.0 Å². The molecular weight excluding hydrogens is 340 g/mol. The molecule has 0 saturated heterocycles. The Kier molecular flexibility index (Phi) is 7.10. The van der Waals surface area contributed by atoms with Crippen molar-refractivity contribution < 1.29 is 14.6 Å². The molecule has 3 N–H and O–H groups in total. The van der Waals surface area contributed by atoms with Crippen LogP contribution in [0.5, 0.6) is 5.75 Å². The topological polar surface area (TPSA) is 70.6 Å². The monoisotopic (exact) mass is 362 g/mol. The number of hydrogen-bond donors (Lipinski definition) is 3. The molecule has 2 rings (SSSR count). The maximum absolute atomic E-state index is 12.3. The molecule has 2 aromatic carbocycles. The van der Waals surface area contributed by atoms with Crippen LogP contribution in [0, 0.1) is 0 Å². The van der Waals surface area contributed by atoms with Gasteiger partial charge in [0.15, 0.2) is 6.10 Å². The quantitative estimate of drug-likeness (QED) is 0.674. The van der Waals surface area contributed by atoms with Gasteiger partial charge in [-0.3, -0.25) is 4.79 Å². The summed E-state index contributed by atoms with van der Waals surface area (Å²) in [6, 6.07) is 14.2.